The highest BCUT2D eigenvalue weighted by Crippen LogP contribution is 2.43. The summed E-state index contributed by atoms with van der Waals surface area (Å²) in [6.07, 6.45) is -0.568. The third-order valence-electron chi connectivity index (χ3n) is 7.63. The summed E-state index contributed by atoms with van der Waals surface area (Å²) in [7, 11) is -2.63. The second-order valence-corrected chi connectivity index (χ2v) is 21.7. The number of hydrogen-bond donors (Lipinski definition) is 1. The first-order valence-electron chi connectivity index (χ1n) is 11.6. The molecular weight excluding hydrogens is 456 g/mol. The number of rotatable bonds is 7. The molecule has 8 nitrogen and oxygen atoms in total. The lowest BCUT2D eigenvalue weighted by atomic mass is 10.1. The first-order valence-corrected chi connectivity index (χ1v) is 17.5. The largest absolute Gasteiger partial charge is 0.414 e. The van der Waals surface area contributed by atoms with Crippen LogP contribution in [0.1, 0.15) is 53.3 Å². The minimum absolute atomic E-state index is 0.0143. The average molecular weight is 501 g/mol. The molecule has 0 spiro atoms. The van der Waals surface area contributed by atoms with Gasteiger partial charge in [0.05, 0.1) is 6.61 Å². The van der Waals surface area contributed by atoms with Crippen LogP contribution in [0.15, 0.2) is 15.8 Å². The Hall–Kier alpha value is -1.05. The molecule has 0 aliphatic carbocycles. The van der Waals surface area contributed by atoms with Crippen molar-refractivity contribution in [3.05, 3.63) is 32.6 Å². The zero-order chi connectivity index (χ0) is 25.6. The lowest BCUT2D eigenvalue weighted by Gasteiger charge is -2.41. The summed E-state index contributed by atoms with van der Waals surface area (Å²) in [5.41, 5.74) is -0.513. The molecule has 190 valence electrons. The van der Waals surface area contributed by atoms with Crippen LogP contribution in [0.4, 0.5) is 0 Å². The lowest BCUT2D eigenvalue weighted by molar-refractivity contribution is -0.0614. The van der Waals surface area contributed by atoms with Crippen molar-refractivity contribution in [1.29, 1.82) is 0 Å². The summed E-state index contributed by atoms with van der Waals surface area (Å²) < 4.78 is 27.0. The van der Waals surface area contributed by atoms with Crippen molar-refractivity contribution in [2.24, 2.45) is 0 Å². The van der Waals surface area contributed by atoms with Crippen molar-refractivity contribution in [3.63, 3.8) is 0 Å². The van der Waals surface area contributed by atoms with E-state index in [0.717, 1.165) is 0 Å². The summed E-state index contributed by atoms with van der Waals surface area (Å²) in [6, 6.07) is 0. The molecule has 2 heterocycles. The number of hydrogen-bond acceptors (Lipinski definition) is 6. The number of nitrogens with one attached hydrogen (secondary N) is 1. The second kappa shape index (κ2) is 9.54. The molecular formula is C23H44N2O6Si2. The van der Waals surface area contributed by atoms with Crippen LogP contribution in [0.2, 0.25) is 36.3 Å². The van der Waals surface area contributed by atoms with Crippen LogP contribution in [-0.2, 0) is 18.3 Å². The highest BCUT2D eigenvalue weighted by Gasteiger charge is 2.52. The van der Waals surface area contributed by atoms with Crippen LogP contribution in [-0.4, -0.2) is 58.2 Å². The van der Waals surface area contributed by atoms with Gasteiger partial charge in [0.2, 0.25) is 0 Å². The zero-order valence-corrected chi connectivity index (χ0v) is 24.5. The van der Waals surface area contributed by atoms with Gasteiger partial charge in [-0.1, -0.05) is 41.5 Å². The maximum atomic E-state index is 12.7. The smallest absolute Gasteiger partial charge is 0.330 e. The van der Waals surface area contributed by atoms with Crippen molar-refractivity contribution >= 4 is 16.6 Å². The van der Waals surface area contributed by atoms with Gasteiger partial charge in [-0.25, -0.2) is 4.79 Å². The molecule has 2 rings (SSSR count). The molecule has 33 heavy (non-hydrogen) atoms. The molecule has 1 aromatic heterocycles. The summed E-state index contributed by atoms with van der Waals surface area (Å²) in [4.78, 5) is 26.9. The summed E-state index contributed by atoms with van der Waals surface area (Å²) >= 11 is 0. The van der Waals surface area contributed by atoms with E-state index < -0.39 is 52.4 Å². The van der Waals surface area contributed by atoms with Gasteiger partial charge in [-0.3, -0.25) is 14.3 Å². The van der Waals surface area contributed by atoms with Crippen molar-refractivity contribution in [1.82, 2.24) is 9.55 Å². The number of aryl methyl sites for hydroxylation is 1. The standard InChI is InChI=1S/C23H44N2O6Si2/c1-15-13-25(21(27)24-19(15)26)20-18(28-8)17(31-33(11,12)23(5,6)7)16(30-20)14-29-32(9,10)22(2,3)4/h13,16-18,20H,14H2,1-12H3,(H,24,26,27)/t16-,17-,18-,20-/m1/s1. The fourth-order valence-corrected chi connectivity index (χ4v) is 5.59. The predicted octanol–water partition coefficient (Wildman–Crippen LogP) is 4.17. The van der Waals surface area contributed by atoms with E-state index >= 15 is 0 Å². The van der Waals surface area contributed by atoms with Gasteiger partial charge in [-0.2, -0.15) is 0 Å². The molecule has 1 aliphatic rings. The normalized spacial score (nSPS) is 25.0. The first-order chi connectivity index (χ1) is 14.8. The van der Waals surface area contributed by atoms with Gasteiger partial charge in [0, 0.05) is 18.9 Å². The SMILES string of the molecule is CO[C@@H]1[C@H](O[Si](C)(C)C(C)(C)C)[C@@H](CO[Si](C)(C)C(C)(C)C)O[C@H]1n1cc(C)c(=O)[nH]c1=O. The minimum Gasteiger partial charge on any atom is -0.414 e. The molecule has 10 heteroatoms. The Morgan fingerprint density at radius 3 is 2.03 bits per heavy atom. The number of aromatic amines is 1. The first kappa shape index (κ1) is 28.2. The van der Waals surface area contributed by atoms with E-state index in [2.05, 4.69) is 72.7 Å². The van der Waals surface area contributed by atoms with Crippen LogP contribution in [0.25, 0.3) is 0 Å². The third-order valence-corrected chi connectivity index (χ3v) is 16.6. The van der Waals surface area contributed by atoms with Gasteiger partial charge in [0.25, 0.3) is 5.56 Å². The van der Waals surface area contributed by atoms with Crippen LogP contribution in [0, 0.1) is 6.92 Å². The summed E-state index contributed by atoms with van der Waals surface area (Å²) in [5, 5.41) is 0.0358. The molecule has 0 aromatic carbocycles. The molecule has 1 aromatic rings. The number of ether oxygens (including phenoxy) is 2. The fourth-order valence-electron chi connectivity index (χ4n) is 3.26. The highest BCUT2D eigenvalue weighted by atomic mass is 28.4. The van der Waals surface area contributed by atoms with E-state index in [1.165, 1.54) is 10.8 Å². The predicted molar refractivity (Wildman–Crippen MR) is 136 cm³/mol. The van der Waals surface area contributed by atoms with E-state index in [9.17, 15) is 9.59 Å². The van der Waals surface area contributed by atoms with E-state index in [1.807, 2.05) is 0 Å². The lowest BCUT2D eigenvalue weighted by Crippen LogP contribution is -2.51. The maximum Gasteiger partial charge on any atom is 0.330 e. The molecule has 1 fully saturated rings. The average Bonchev–Trinajstić information content (AvgIpc) is 2.97. The molecule has 4 atom stereocenters. The molecule has 1 aliphatic heterocycles. The van der Waals surface area contributed by atoms with Crippen LogP contribution in [0.5, 0.6) is 0 Å². The Balaban J connectivity index is 2.47. The molecule has 0 amide bonds. The van der Waals surface area contributed by atoms with E-state index in [1.54, 1.807) is 14.0 Å². The number of methoxy groups -OCH3 is 1. The number of nitrogens with zero attached hydrogens (tertiary/aromatic N) is 1. The maximum absolute atomic E-state index is 12.7. The molecule has 0 unspecified atom stereocenters. The Labute approximate surface area is 200 Å². The van der Waals surface area contributed by atoms with Gasteiger partial charge in [0.15, 0.2) is 22.9 Å². The topological polar surface area (TPSA) is 91.8 Å². The van der Waals surface area contributed by atoms with E-state index in [0.29, 0.717) is 12.2 Å². The van der Waals surface area contributed by atoms with Gasteiger partial charge in [-0.15, -0.1) is 0 Å². The zero-order valence-electron chi connectivity index (χ0n) is 22.5. The molecule has 0 saturated carbocycles. The van der Waals surface area contributed by atoms with E-state index in [4.69, 9.17) is 18.3 Å². The Bertz CT molecular complexity index is 942. The van der Waals surface area contributed by atoms with Crippen molar-refractivity contribution in [2.45, 2.75) is 109 Å². The monoisotopic (exact) mass is 500 g/mol. The molecule has 1 N–H and O–H groups in total. The minimum atomic E-state index is -2.19. The Kier molecular flexibility index (Phi) is 8.15. The van der Waals surface area contributed by atoms with Gasteiger partial charge in [0.1, 0.15) is 18.3 Å². The van der Waals surface area contributed by atoms with Gasteiger partial charge >= 0.3 is 5.69 Å². The highest BCUT2D eigenvalue weighted by molar-refractivity contribution is 6.74. The van der Waals surface area contributed by atoms with Crippen LogP contribution in [0.3, 0.4) is 0 Å². The van der Waals surface area contributed by atoms with Crippen molar-refractivity contribution in [3.8, 4) is 0 Å². The fraction of sp³-hybridized carbons (Fsp3) is 0.826. The summed E-state index contributed by atoms with van der Waals surface area (Å²) in [6.45, 7) is 23.9. The Morgan fingerprint density at radius 2 is 1.55 bits per heavy atom. The molecule has 0 radical (unpaired) electrons. The van der Waals surface area contributed by atoms with Crippen LogP contribution < -0.4 is 11.2 Å². The van der Waals surface area contributed by atoms with Gasteiger partial charge < -0.3 is 18.3 Å². The molecule has 1 saturated heterocycles. The number of H-pyrrole nitrogens is 1. The quantitative estimate of drug-likeness (QED) is 0.565. The Morgan fingerprint density at radius 1 is 1.00 bits per heavy atom. The second-order valence-electron chi connectivity index (χ2n) is 12.2. The number of aromatic nitrogens is 2. The van der Waals surface area contributed by atoms with Crippen molar-refractivity contribution in [2.75, 3.05) is 13.7 Å². The van der Waals surface area contributed by atoms with E-state index in [-0.39, 0.29) is 10.1 Å². The third kappa shape index (κ3) is 5.97. The van der Waals surface area contributed by atoms with Gasteiger partial charge in [-0.05, 0) is 43.2 Å². The van der Waals surface area contributed by atoms with Crippen molar-refractivity contribution < 1.29 is 18.3 Å². The summed E-state index contributed by atoms with van der Waals surface area (Å²) in [5.74, 6) is 0. The molecule has 0 bridgehead atoms. The van der Waals surface area contributed by atoms with Crippen LogP contribution >= 0.6 is 0 Å².